The molecule has 0 aliphatic heterocycles. The van der Waals surface area contributed by atoms with Gasteiger partial charge in [0.15, 0.2) is 23.1 Å². The number of hydrogen-bond donors (Lipinski definition) is 0. The highest BCUT2D eigenvalue weighted by Gasteiger charge is 2.20. The zero-order valence-corrected chi connectivity index (χ0v) is 30.3. The quantitative estimate of drug-likeness (QED) is 0.175. The topological polar surface area (TPSA) is 82.8 Å². The minimum atomic E-state index is 0.547. The fourth-order valence-corrected chi connectivity index (χ4v) is 8.38. The molecule has 0 fully saturated rings. The predicted molar refractivity (Wildman–Crippen MR) is 228 cm³/mol. The van der Waals surface area contributed by atoms with Gasteiger partial charge in [0.2, 0.25) is 0 Å². The number of benzene rings is 7. The summed E-state index contributed by atoms with van der Waals surface area (Å²) in [4.78, 5) is 19.8. The van der Waals surface area contributed by atoms with Gasteiger partial charge in [-0.3, -0.25) is 4.98 Å². The van der Waals surface area contributed by atoms with Crippen LogP contribution in [0.1, 0.15) is 0 Å². The number of pyridine rings is 1. The Balaban J connectivity index is 1.05. The standard InChI is InChI=1S/C50H29N5O2/c1-5-15-40-34(10-1)35-11-2-6-16-41(35)55(40)42-17-7-3-12-38(42)50-53-48(52-49(54-50)32-24-25-36-37-26-27-51-29-46(37)57-45(36)28-32)31-22-20-30(21-23-31)33-14-9-19-44-47(33)39-13-4-8-18-43(39)56-44/h1-29H. The highest BCUT2D eigenvalue weighted by Crippen LogP contribution is 2.39. The molecule has 0 N–H and O–H groups in total. The number of hydrogen-bond acceptors (Lipinski definition) is 6. The summed E-state index contributed by atoms with van der Waals surface area (Å²) in [6, 6.07) is 56.4. The van der Waals surface area contributed by atoms with Gasteiger partial charge in [0.05, 0.1) is 22.9 Å². The van der Waals surface area contributed by atoms with Crippen LogP contribution in [-0.4, -0.2) is 24.5 Å². The van der Waals surface area contributed by atoms with E-state index in [2.05, 4.69) is 131 Å². The fourth-order valence-electron chi connectivity index (χ4n) is 8.38. The average Bonchev–Trinajstić information content (AvgIpc) is 3.96. The SMILES string of the molecule is c1ccc(-n2c3ccccc3c3ccccc32)c(-c2nc(-c3ccc(-c4cccc5oc6ccccc6c45)cc3)nc(-c3ccc4c(c3)oc3cnccc34)n2)c1. The molecule has 266 valence electrons. The van der Waals surface area contributed by atoms with Crippen LogP contribution in [0.15, 0.2) is 185 Å². The molecule has 0 radical (unpaired) electrons. The minimum Gasteiger partial charge on any atom is -0.456 e. The average molecular weight is 732 g/mol. The maximum atomic E-state index is 6.26. The van der Waals surface area contributed by atoms with Crippen molar-refractivity contribution in [1.29, 1.82) is 0 Å². The van der Waals surface area contributed by atoms with Crippen LogP contribution >= 0.6 is 0 Å². The lowest BCUT2D eigenvalue weighted by molar-refractivity contribution is 0.667. The van der Waals surface area contributed by atoms with E-state index in [0.29, 0.717) is 17.5 Å². The number of para-hydroxylation sites is 4. The third-order valence-corrected chi connectivity index (χ3v) is 11.0. The Kier molecular flexibility index (Phi) is 6.79. The number of rotatable bonds is 5. The molecule has 0 aliphatic carbocycles. The molecule has 0 bridgehead atoms. The second kappa shape index (κ2) is 12.3. The molecule has 0 aliphatic rings. The van der Waals surface area contributed by atoms with Crippen molar-refractivity contribution in [3.63, 3.8) is 0 Å². The van der Waals surface area contributed by atoms with Crippen LogP contribution in [0.4, 0.5) is 0 Å². The fraction of sp³-hybridized carbons (Fsp3) is 0. The van der Waals surface area contributed by atoms with Gasteiger partial charge in [0.1, 0.15) is 16.7 Å². The van der Waals surface area contributed by atoms with Crippen LogP contribution in [0.3, 0.4) is 0 Å². The minimum absolute atomic E-state index is 0.547. The third kappa shape index (κ3) is 4.92. The molecule has 7 nitrogen and oxygen atoms in total. The normalized spacial score (nSPS) is 11.9. The van der Waals surface area contributed by atoms with Crippen molar-refractivity contribution < 1.29 is 8.83 Å². The molecule has 7 heteroatoms. The summed E-state index contributed by atoms with van der Waals surface area (Å²) in [5, 5.41) is 6.60. The summed E-state index contributed by atoms with van der Waals surface area (Å²) >= 11 is 0. The summed E-state index contributed by atoms with van der Waals surface area (Å²) in [5.41, 5.74) is 11.2. The lowest BCUT2D eigenvalue weighted by Crippen LogP contribution is -2.03. The molecule has 57 heavy (non-hydrogen) atoms. The van der Waals surface area contributed by atoms with Gasteiger partial charge in [-0.1, -0.05) is 109 Å². The monoisotopic (exact) mass is 731 g/mol. The van der Waals surface area contributed by atoms with E-state index in [0.717, 1.165) is 88.4 Å². The Morgan fingerprint density at radius 1 is 0.386 bits per heavy atom. The molecule has 0 unspecified atom stereocenters. The number of aromatic nitrogens is 5. The van der Waals surface area contributed by atoms with E-state index in [1.807, 2.05) is 42.5 Å². The Bertz CT molecular complexity index is 3490. The summed E-state index contributed by atoms with van der Waals surface area (Å²) in [6.07, 6.45) is 3.53. The Hall–Kier alpha value is -7.90. The van der Waals surface area contributed by atoms with E-state index < -0.39 is 0 Å². The molecule has 12 aromatic rings. The highest BCUT2D eigenvalue weighted by atomic mass is 16.3. The zero-order valence-electron chi connectivity index (χ0n) is 30.3. The first-order chi connectivity index (χ1) is 28.2. The van der Waals surface area contributed by atoms with Crippen molar-refractivity contribution in [2.24, 2.45) is 0 Å². The van der Waals surface area contributed by atoms with Crippen LogP contribution in [0.25, 0.3) is 117 Å². The number of furan rings is 2. The molecule has 5 heterocycles. The molecule has 0 spiro atoms. The van der Waals surface area contributed by atoms with Crippen LogP contribution in [-0.2, 0) is 0 Å². The molecule has 5 aromatic heterocycles. The van der Waals surface area contributed by atoms with Gasteiger partial charge < -0.3 is 13.4 Å². The largest absolute Gasteiger partial charge is 0.456 e. The van der Waals surface area contributed by atoms with Gasteiger partial charge >= 0.3 is 0 Å². The van der Waals surface area contributed by atoms with Gasteiger partial charge in [0, 0.05) is 55.2 Å². The van der Waals surface area contributed by atoms with E-state index in [-0.39, 0.29) is 0 Å². The first kappa shape index (κ1) is 31.5. The molecular weight excluding hydrogens is 703 g/mol. The van der Waals surface area contributed by atoms with Gasteiger partial charge in [-0.25, -0.2) is 15.0 Å². The Labute approximate surface area is 325 Å². The van der Waals surface area contributed by atoms with Gasteiger partial charge in [-0.05, 0) is 65.7 Å². The van der Waals surface area contributed by atoms with Crippen LogP contribution in [0.5, 0.6) is 0 Å². The number of fused-ring (bicyclic) bond motifs is 9. The van der Waals surface area contributed by atoms with E-state index >= 15 is 0 Å². The molecule has 0 saturated carbocycles. The first-order valence-corrected chi connectivity index (χ1v) is 18.9. The first-order valence-electron chi connectivity index (χ1n) is 18.9. The maximum Gasteiger partial charge on any atom is 0.166 e. The van der Waals surface area contributed by atoms with E-state index in [1.54, 1.807) is 12.4 Å². The lowest BCUT2D eigenvalue weighted by Gasteiger charge is -2.14. The van der Waals surface area contributed by atoms with Crippen molar-refractivity contribution in [2.75, 3.05) is 0 Å². The maximum absolute atomic E-state index is 6.26. The molecule has 0 amide bonds. The van der Waals surface area contributed by atoms with E-state index in [1.165, 1.54) is 10.8 Å². The van der Waals surface area contributed by atoms with Crippen molar-refractivity contribution in [2.45, 2.75) is 0 Å². The Morgan fingerprint density at radius 2 is 0.982 bits per heavy atom. The second-order valence-electron chi connectivity index (χ2n) is 14.2. The van der Waals surface area contributed by atoms with Gasteiger partial charge in [0.25, 0.3) is 0 Å². The van der Waals surface area contributed by atoms with E-state index in [9.17, 15) is 0 Å². The predicted octanol–water partition coefficient (Wildman–Crippen LogP) is 12.8. The third-order valence-electron chi connectivity index (χ3n) is 11.0. The molecule has 0 saturated heterocycles. The van der Waals surface area contributed by atoms with Crippen molar-refractivity contribution >= 4 is 65.7 Å². The molecule has 7 aromatic carbocycles. The summed E-state index contributed by atoms with van der Waals surface area (Å²) in [6.45, 7) is 0. The van der Waals surface area contributed by atoms with Crippen LogP contribution in [0, 0.1) is 0 Å². The smallest absolute Gasteiger partial charge is 0.166 e. The second-order valence-corrected chi connectivity index (χ2v) is 14.2. The van der Waals surface area contributed by atoms with Crippen molar-refractivity contribution in [1.82, 2.24) is 24.5 Å². The molecule has 0 atom stereocenters. The zero-order chi connectivity index (χ0) is 37.5. The van der Waals surface area contributed by atoms with Crippen LogP contribution in [0.2, 0.25) is 0 Å². The molecular formula is C50H29N5O2. The summed E-state index contributed by atoms with van der Waals surface area (Å²) in [7, 11) is 0. The van der Waals surface area contributed by atoms with Crippen molar-refractivity contribution in [3.05, 3.63) is 176 Å². The number of nitrogens with zero attached hydrogens (tertiary/aromatic N) is 5. The Morgan fingerprint density at radius 3 is 1.81 bits per heavy atom. The highest BCUT2D eigenvalue weighted by molar-refractivity contribution is 6.13. The molecule has 12 rings (SSSR count). The summed E-state index contributed by atoms with van der Waals surface area (Å²) < 4.78 is 14.8. The van der Waals surface area contributed by atoms with Gasteiger partial charge in [-0.2, -0.15) is 0 Å². The van der Waals surface area contributed by atoms with Gasteiger partial charge in [-0.15, -0.1) is 0 Å². The summed E-state index contributed by atoms with van der Waals surface area (Å²) in [5.74, 6) is 1.69. The lowest BCUT2D eigenvalue weighted by atomic mass is 9.98. The van der Waals surface area contributed by atoms with Crippen LogP contribution < -0.4 is 0 Å². The van der Waals surface area contributed by atoms with E-state index in [4.69, 9.17) is 23.8 Å². The van der Waals surface area contributed by atoms with Crippen molar-refractivity contribution in [3.8, 4) is 51.0 Å².